The molecule has 6 nitrogen and oxygen atoms in total. The van der Waals surface area contributed by atoms with Gasteiger partial charge in [-0.15, -0.1) is 0 Å². The van der Waals surface area contributed by atoms with Crippen molar-refractivity contribution in [3.8, 4) is 0 Å². The molecule has 0 N–H and O–H groups in total. The van der Waals surface area contributed by atoms with E-state index in [4.69, 9.17) is 4.74 Å². The maximum absolute atomic E-state index is 13.1. The van der Waals surface area contributed by atoms with Gasteiger partial charge in [-0.3, -0.25) is 9.48 Å². The highest BCUT2D eigenvalue weighted by Crippen LogP contribution is 2.34. The SMILES string of the molecule is O=C(N1CCC1)C1(n2cccn2)CCN(CC2CCOCC2)CC1. The van der Waals surface area contributed by atoms with Crippen LogP contribution in [0.4, 0.5) is 0 Å². The molecule has 0 aromatic carbocycles. The first kappa shape index (κ1) is 16.1. The summed E-state index contributed by atoms with van der Waals surface area (Å²) in [5, 5.41) is 4.45. The molecule has 3 aliphatic heterocycles. The Morgan fingerprint density at radius 1 is 1.17 bits per heavy atom. The fourth-order valence-electron chi connectivity index (χ4n) is 4.28. The van der Waals surface area contributed by atoms with Crippen LogP contribution in [-0.2, 0) is 15.1 Å². The molecular weight excluding hydrogens is 304 g/mol. The van der Waals surface area contributed by atoms with Gasteiger partial charge in [-0.05, 0) is 44.1 Å². The van der Waals surface area contributed by atoms with Gasteiger partial charge in [0.25, 0.3) is 5.91 Å². The predicted molar refractivity (Wildman–Crippen MR) is 90.6 cm³/mol. The Labute approximate surface area is 143 Å². The van der Waals surface area contributed by atoms with E-state index in [1.165, 1.54) is 12.8 Å². The van der Waals surface area contributed by atoms with Crippen LogP contribution in [0.3, 0.4) is 0 Å². The third-order valence-electron chi connectivity index (χ3n) is 6.02. The van der Waals surface area contributed by atoms with E-state index in [1.54, 1.807) is 6.20 Å². The number of ether oxygens (including phenoxy) is 1. The van der Waals surface area contributed by atoms with Crippen molar-refractivity contribution in [1.29, 1.82) is 0 Å². The van der Waals surface area contributed by atoms with Crippen molar-refractivity contribution in [3.05, 3.63) is 18.5 Å². The second-order valence-electron chi connectivity index (χ2n) is 7.48. The lowest BCUT2D eigenvalue weighted by atomic mass is 9.84. The second-order valence-corrected chi connectivity index (χ2v) is 7.48. The molecule has 1 aromatic heterocycles. The van der Waals surface area contributed by atoms with E-state index in [-0.39, 0.29) is 5.91 Å². The summed E-state index contributed by atoms with van der Waals surface area (Å²) < 4.78 is 7.40. The molecule has 3 saturated heterocycles. The maximum Gasteiger partial charge on any atom is 0.250 e. The number of hydrogen-bond donors (Lipinski definition) is 0. The number of carbonyl (C=O) groups excluding carboxylic acids is 1. The fraction of sp³-hybridized carbons (Fsp3) is 0.778. The first-order chi connectivity index (χ1) is 11.8. The Hall–Kier alpha value is -1.40. The van der Waals surface area contributed by atoms with E-state index < -0.39 is 5.54 Å². The molecule has 6 heteroatoms. The molecule has 4 heterocycles. The zero-order valence-electron chi connectivity index (χ0n) is 14.4. The number of carbonyl (C=O) groups is 1. The zero-order valence-corrected chi connectivity index (χ0v) is 14.4. The monoisotopic (exact) mass is 332 g/mol. The van der Waals surface area contributed by atoms with Crippen molar-refractivity contribution in [2.75, 3.05) is 45.9 Å². The Morgan fingerprint density at radius 3 is 2.50 bits per heavy atom. The zero-order chi connectivity index (χ0) is 16.4. The van der Waals surface area contributed by atoms with Gasteiger partial charge in [0.2, 0.25) is 0 Å². The summed E-state index contributed by atoms with van der Waals surface area (Å²) in [6.45, 7) is 6.75. The van der Waals surface area contributed by atoms with E-state index in [2.05, 4.69) is 10.00 Å². The number of likely N-dealkylation sites (tertiary alicyclic amines) is 2. The lowest BCUT2D eigenvalue weighted by Crippen LogP contribution is -2.59. The summed E-state index contributed by atoms with van der Waals surface area (Å²) in [7, 11) is 0. The first-order valence-corrected chi connectivity index (χ1v) is 9.37. The molecule has 0 saturated carbocycles. The molecule has 0 bridgehead atoms. The van der Waals surface area contributed by atoms with E-state index >= 15 is 0 Å². The number of rotatable bonds is 4. The Balaban J connectivity index is 1.43. The smallest absolute Gasteiger partial charge is 0.250 e. The molecule has 0 spiro atoms. The Kier molecular flexibility index (Phi) is 4.59. The molecule has 0 atom stereocenters. The summed E-state index contributed by atoms with van der Waals surface area (Å²) in [4.78, 5) is 17.7. The van der Waals surface area contributed by atoms with Gasteiger partial charge in [0.15, 0.2) is 0 Å². The summed E-state index contributed by atoms with van der Waals surface area (Å²) in [5.74, 6) is 1.03. The number of hydrogen-bond acceptors (Lipinski definition) is 4. The van der Waals surface area contributed by atoms with Gasteiger partial charge < -0.3 is 14.5 Å². The van der Waals surface area contributed by atoms with Gasteiger partial charge in [-0.1, -0.05) is 0 Å². The molecule has 1 aromatic rings. The standard InChI is InChI=1S/C18H28N4O2/c23-17(21-8-2-9-21)18(22-10-1-7-19-22)5-11-20(12-6-18)15-16-3-13-24-14-4-16/h1,7,10,16H,2-6,8-9,11-15H2. The van der Waals surface area contributed by atoms with Gasteiger partial charge in [-0.25, -0.2) is 0 Å². The molecule has 0 aliphatic carbocycles. The van der Waals surface area contributed by atoms with Crippen molar-refractivity contribution < 1.29 is 9.53 Å². The first-order valence-electron chi connectivity index (χ1n) is 9.37. The van der Waals surface area contributed by atoms with Crippen LogP contribution in [0.15, 0.2) is 18.5 Å². The van der Waals surface area contributed by atoms with E-state index in [1.807, 2.05) is 21.8 Å². The van der Waals surface area contributed by atoms with Crippen molar-refractivity contribution in [1.82, 2.24) is 19.6 Å². The van der Waals surface area contributed by atoms with E-state index in [9.17, 15) is 4.79 Å². The van der Waals surface area contributed by atoms with Gasteiger partial charge in [0.1, 0.15) is 5.54 Å². The second kappa shape index (κ2) is 6.84. The van der Waals surface area contributed by atoms with Gasteiger partial charge in [0.05, 0.1) is 0 Å². The van der Waals surface area contributed by atoms with Gasteiger partial charge in [0, 0.05) is 58.3 Å². The molecule has 3 aliphatic rings. The average Bonchev–Trinajstić information content (AvgIpc) is 3.10. The van der Waals surface area contributed by atoms with Crippen molar-refractivity contribution in [3.63, 3.8) is 0 Å². The molecule has 1 amide bonds. The van der Waals surface area contributed by atoms with Gasteiger partial charge >= 0.3 is 0 Å². The Morgan fingerprint density at radius 2 is 1.92 bits per heavy atom. The molecule has 3 fully saturated rings. The predicted octanol–water partition coefficient (Wildman–Crippen LogP) is 1.33. The highest BCUT2D eigenvalue weighted by Gasteiger charge is 2.47. The molecule has 0 radical (unpaired) electrons. The molecular formula is C18H28N4O2. The Bertz CT molecular complexity index is 541. The van der Waals surface area contributed by atoms with Crippen LogP contribution in [0.1, 0.15) is 32.1 Å². The summed E-state index contributed by atoms with van der Waals surface area (Å²) in [6.07, 6.45) is 8.98. The fourth-order valence-corrected chi connectivity index (χ4v) is 4.28. The van der Waals surface area contributed by atoms with Crippen LogP contribution in [0.25, 0.3) is 0 Å². The van der Waals surface area contributed by atoms with Crippen LogP contribution >= 0.6 is 0 Å². The summed E-state index contributed by atoms with van der Waals surface area (Å²) >= 11 is 0. The van der Waals surface area contributed by atoms with E-state index in [0.29, 0.717) is 0 Å². The normalized spacial score (nSPS) is 25.4. The van der Waals surface area contributed by atoms with Crippen molar-refractivity contribution in [2.45, 2.75) is 37.6 Å². The van der Waals surface area contributed by atoms with Gasteiger partial charge in [-0.2, -0.15) is 5.10 Å². The van der Waals surface area contributed by atoms with Crippen LogP contribution in [0.2, 0.25) is 0 Å². The highest BCUT2D eigenvalue weighted by atomic mass is 16.5. The molecule has 0 unspecified atom stereocenters. The van der Waals surface area contributed by atoms with Crippen LogP contribution < -0.4 is 0 Å². The minimum absolute atomic E-state index is 0.281. The molecule has 4 rings (SSSR count). The highest BCUT2D eigenvalue weighted by molar-refractivity contribution is 5.85. The number of amides is 1. The topological polar surface area (TPSA) is 50.6 Å². The largest absolute Gasteiger partial charge is 0.381 e. The number of aromatic nitrogens is 2. The quantitative estimate of drug-likeness (QED) is 0.835. The van der Waals surface area contributed by atoms with Crippen LogP contribution in [0, 0.1) is 5.92 Å². The number of nitrogens with zero attached hydrogens (tertiary/aromatic N) is 4. The minimum Gasteiger partial charge on any atom is -0.381 e. The van der Waals surface area contributed by atoms with Crippen LogP contribution in [-0.4, -0.2) is 71.4 Å². The lowest BCUT2D eigenvalue weighted by molar-refractivity contribution is -0.148. The lowest BCUT2D eigenvalue weighted by Gasteiger charge is -2.46. The molecule has 24 heavy (non-hydrogen) atoms. The third-order valence-corrected chi connectivity index (χ3v) is 6.02. The summed E-state index contributed by atoms with van der Waals surface area (Å²) in [5.41, 5.74) is -0.462. The van der Waals surface area contributed by atoms with Crippen molar-refractivity contribution in [2.24, 2.45) is 5.92 Å². The third kappa shape index (κ3) is 2.97. The summed E-state index contributed by atoms with van der Waals surface area (Å²) in [6, 6.07) is 1.93. The molecule has 132 valence electrons. The number of piperidine rings is 1. The maximum atomic E-state index is 13.1. The average molecular weight is 332 g/mol. The minimum atomic E-state index is -0.462. The van der Waals surface area contributed by atoms with Crippen molar-refractivity contribution >= 4 is 5.91 Å². The van der Waals surface area contributed by atoms with E-state index in [0.717, 1.165) is 71.1 Å². The van der Waals surface area contributed by atoms with Crippen LogP contribution in [0.5, 0.6) is 0 Å².